The Kier molecular flexibility index (Phi) is 2.49. The summed E-state index contributed by atoms with van der Waals surface area (Å²) in [5.41, 5.74) is 0.928. The second-order valence-corrected chi connectivity index (χ2v) is 2.05. The topological polar surface area (TPSA) is 42.4 Å². The molecule has 0 saturated heterocycles. The Hall–Kier alpha value is -1.03. The lowest BCUT2D eigenvalue weighted by Gasteiger charge is -2.03. The van der Waals surface area contributed by atoms with Gasteiger partial charge in [-0.2, -0.15) is 0 Å². The smallest absolute Gasteiger partial charge is 0.213 e. The van der Waals surface area contributed by atoms with Crippen LogP contribution in [0.3, 0.4) is 0 Å². The summed E-state index contributed by atoms with van der Waals surface area (Å²) in [7, 11) is 6.99. The lowest BCUT2D eigenvalue weighted by molar-refractivity contribution is 0.275. The van der Waals surface area contributed by atoms with Crippen LogP contribution in [-0.4, -0.2) is 25.0 Å². The second-order valence-electron chi connectivity index (χ2n) is 2.05. The van der Waals surface area contributed by atoms with Crippen molar-refractivity contribution in [3.63, 3.8) is 0 Å². The first-order valence-corrected chi connectivity index (χ1v) is 3.18. The average molecular weight is 149 g/mol. The van der Waals surface area contributed by atoms with Crippen molar-refractivity contribution in [2.45, 2.75) is 6.61 Å². The maximum Gasteiger partial charge on any atom is 0.213 e. The highest BCUT2D eigenvalue weighted by Gasteiger charge is 1.99. The minimum atomic E-state index is -0.164. The van der Waals surface area contributed by atoms with E-state index in [-0.39, 0.29) is 6.61 Å². The summed E-state index contributed by atoms with van der Waals surface area (Å²) in [5, 5.41) is 8.74. The zero-order valence-electron chi connectivity index (χ0n) is 6.24. The number of aliphatic hydroxyl groups is 1. The molecule has 3 nitrogen and oxygen atoms in total. The Morgan fingerprint density at radius 2 is 2.36 bits per heavy atom. The van der Waals surface area contributed by atoms with Gasteiger partial charge in [-0.3, -0.25) is 0 Å². The Morgan fingerprint density at radius 1 is 1.64 bits per heavy atom. The van der Waals surface area contributed by atoms with Crippen molar-refractivity contribution in [2.75, 3.05) is 7.11 Å². The molecule has 0 aliphatic rings. The summed E-state index contributed by atoms with van der Waals surface area (Å²) in [6.07, 6.45) is 0. The molecule has 1 heterocycles. The van der Waals surface area contributed by atoms with Crippen molar-refractivity contribution >= 4 is 13.3 Å². The summed E-state index contributed by atoms with van der Waals surface area (Å²) in [4.78, 5) is 3.91. The molecule has 1 N–H and O–H groups in total. The molecule has 56 valence electrons. The lowest BCUT2D eigenvalue weighted by Crippen LogP contribution is -2.12. The predicted molar refractivity (Wildman–Crippen MR) is 42.1 cm³/mol. The number of ether oxygens (including phenoxy) is 1. The maximum absolute atomic E-state index is 8.74. The van der Waals surface area contributed by atoms with Crippen LogP contribution in [0.2, 0.25) is 0 Å². The van der Waals surface area contributed by atoms with E-state index < -0.39 is 0 Å². The van der Waals surface area contributed by atoms with E-state index in [1.54, 1.807) is 12.1 Å². The standard InChI is InChI=1S/C7H8BNO2/c1-11-7-3-2-5(8)6(4-10)9-7/h2-3,10H,4H2,1H3. The summed E-state index contributed by atoms with van der Waals surface area (Å²) in [5.74, 6) is 0.461. The molecule has 1 rings (SSSR count). The molecule has 0 aromatic carbocycles. The van der Waals surface area contributed by atoms with Gasteiger partial charge in [0.1, 0.15) is 7.85 Å². The summed E-state index contributed by atoms with van der Waals surface area (Å²) < 4.78 is 4.83. The minimum absolute atomic E-state index is 0.164. The Labute approximate surface area is 66.4 Å². The first kappa shape index (κ1) is 8.08. The number of methoxy groups -OCH3 is 1. The van der Waals surface area contributed by atoms with Crippen molar-refractivity contribution in [1.29, 1.82) is 0 Å². The Balaban J connectivity index is 3.02. The first-order chi connectivity index (χ1) is 5.27. The third-order valence-corrected chi connectivity index (χ3v) is 1.34. The second kappa shape index (κ2) is 3.39. The van der Waals surface area contributed by atoms with E-state index in [1.807, 2.05) is 0 Å². The molecule has 0 spiro atoms. The van der Waals surface area contributed by atoms with Crippen molar-refractivity contribution < 1.29 is 9.84 Å². The van der Waals surface area contributed by atoms with Crippen LogP contribution in [0.4, 0.5) is 0 Å². The van der Waals surface area contributed by atoms with Gasteiger partial charge < -0.3 is 9.84 Å². The number of aromatic nitrogens is 1. The number of aliphatic hydroxyl groups excluding tert-OH is 1. The van der Waals surface area contributed by atoms with Gasteiger partial charge in [-0.05, 0) is 6.07 Å². The normalized spacial score (nSPS) is 9.64. The molecule has 0 atom stereocenters. The molecule has 0 amide bonds. The van der Waals surface area contributed by atoms with E-state index >= 15 is 0 Å². The number of pyridine rings is 1. The fourth-order valence-corrected chi connectivity index (χ4v) is 0.732. The number of rotatable bonds is 2. The van der Waals surface area contributed by atoms with Gasteiger partial charge in [-0.25, -0.2) is 4.98 Å². The van der Waals surface area contributed by atoms with Crippen molar-refractivity contribution in [3.05, 3.63) is 17.8 Å². The number of hydrogen-bond donors (Lipinski definition) is 1. The van der Waals surface area contributed by atoms with E-state index in [9.17, 15) is 0 Å². The highest BCUT2D eigenvalue weighted by atomic mass is 16.5. The molecule has 0 aliphatic heterocycles. The van der Waals surface area contributed by atoms with Gasteiger partial charge in [-0.15, -0.1) is 0 Å². The maximum atomic E-state index is 8.74. The van der Waals surface area contributed by atoms with Gasteiger partial charge >= 0.3 is 0 Å². The van der Waals surface area contributed by atoms with E-state index in [0.29, 0.717) is 17.0 Å². The molecule has 1 aromatic rings. The van der Waals surface area contributed by atoms with Crippen LogP contribution in [0.25, 0.3) is 0 Å². The molecule has 0 bridgehead atoms. The van der Waals surface area contributed by atoms with Gasteiger partial charge in [0, 0.05) is 0 Å². The average Bonchev–Trinajstić information content (AvgIpc) is 2.05. The quantitative estimate of drug-likeness (QED) is 0.569. The van der Waals surface area contributed by atoms with E-state index in [1.165, 1.54) is 7.11 Å². The Bertz CT molecular complexity index is 252. The van der Waals surface area contributed by atoms with Crippen LogP contribution in [0.15, 0.2) is 12.1 Å². The fourth-order valence-electron chi connectivity index (χ4n) is 0.732. The molecule has 1 aromatic heterocycles. The zero-order chi connectivity index (χ0) is 8.27. The van der Waals surface area contributed by atoms with Crippen LogP contribution in [-0.2, 0) is 6.61 Å². The van der Waals surface area contributed by atoms with Gasteiger partial charge in [0.2, 0.25) is 5.88 Å². The molecule has 0 fully saturated rings. The van der Waals surface area contributed by atoms with Crippen molar-refractivity contribution in [2.24, 2.45) is 0 Å². The lowest BCUT2D eigenvalue weighted by atomic mass is 9.95. The highest BCUT2D eigenvalue weighted by molar-refractivity contribution is 6.33. The highest BCUT2D eigenvalue weighted by Crippen LogP contribution is 2.03. The zero-order valence-corrected chi connectivity index (χ0v) is 6.24. The predicted octanol–water partition coefficient (Wildman–Crippen LogP) is -0.624. The molecule has 0 aliphatic carbocycles. The summed E-state index contributed by atoms with van der Waals surface area (Å²) in [6, 6.07) is 3.30. The molecular weight excluding hydrogens is 141 g/mol. The minimum Gasteiger partial charge on any atom is -0.481 e. The number of hydrogen-bond acceptors (Lipinski definition) is 3. The molecule has 0 saturated carbocycles. The molecule has 2 radical (unpaired) electrons. The molecule has 11 heavy (non-hydrogen) atoms. The Morgan fingerprint density at radius 3 is 2.91 bits per heavy atom. The molecular formula is C7H8BNO2. The summed E-state index contributed by atoms with van der Waals surface area (Å²) >= 11 is 0. The summed E-state index contributed by atoms with van der Waals surface area (Å²) in [6.45, 7) is -0.164. The van der Waals surface area contributed by atoms with Gasteiger partial charge in [0.05, 0.1) is 19.4 Å². The van der Waals surface area contributed by atoms with Crippen molar-refractivity contribution in [3.8, 4) is 5.88 Å². The van der Waals surface area contributed by atoms with Gasteiger partial charge in [-0.1, -0.05) is 11.5 Å². The largest absolute Gasteiger partial charge is 0.481 e. The van der Waals surface area contributed by atoms with Gasteiger partial charge in [0.25, 0.3) is 0 Å². The SMILES string of the molecule is [B]c1ccc(OC)nc1CO. The monoisotopic (exact) mass is 149 g/mol. The van der Waals surface area contributed by atoms with Gasteiger partial charge in [0.15, 0.2) is 0 Å². The van der Waals surface area contributed by atoms with Crippen LogP contribution in [0.5, 0.6) is 5.88 Å². The third-order valence-electron chi connectivity index (χ3n) is 1.34. The van der Waals surface area contributed by atoms with E-state index in [4.69, 9.17) is 17.7 Å². The number of nitrogens with zero attached hydrogens (tertiary/aromatic N) is 1. The van der Waals surface area contributed by atoms with Crippen LogP contribution in [0.1, 0.15) is 5.69 Å². The third kappa shape index (κ3) is 1.71. The molecule has 0 unspecified atom stereocenters. The molecule has 4 heteroatoms. The van der Waals surface area contributed by atoms with E-state index in [0.717, 1.165) is 0 Å². The van der Waals surface area contributed by atoms with Crippen LogP contribution < -0.4 is 10.2 Å². The van der Waals surface area contributed by atoms with Crippen molar-refractivity contribution in [1.82, 2.24) is 4.98 Å². The fraction of sp³-hybridized carbons (Fsp3) is 0.286. The van der Waals surface area contributed by atoms with E-state index in [2.05, 4.69) is 4.98 Å². The van der Waals surface area contributed by atoms with Crippen LogP contribution >= 0.6 is 0 Å². The van der Waals surface area contributed by atoms with Crippen LogP contribution in [0, 0.1) is 0 Å². The first-order valence-electron chi connectivity index (χ1n) is 3.18.